The van der Waals surface area contributed by atoms with Crippen molar-refractivity contribution in [3.8, 4) is 0 Å². The van der Waals surface area contributed by atoms with E-state index < -0.39 is 0 Å². The van der Waals surface area contributed by atoms with Crippen LogP contribution in [0.5, 0.6) is 0 Å². The van der Waals surface area contributed by atoms with Crippen molar-refractivity contribution >= 4 is 5.69 Å². The molecule has 0 saturated heterocycles. The van der Waals surface area contributed by atoms with Crippen molar-refractivity contribution in [3.63, 3.8) is 0 Å². The van der Waals surface area contributed by atoms with E-state index in [1.807, 2.05) is 0 Å². The van der Waals surface area contributed by atoms with Crippen molar-refractivity contribution in [2.45, 2.75) is 52.3 Å². The van der Waals surface area contributed by atoms with E-state index in [1.54, 1.807) is 0 Å². The van der Waals surface area contributed by atoms with Crippen LogP contribution in [0.4, 0.5) is 5.69 Å². The molecular formula is C17H26N2O. The number of hydrogen-bond acceptors (Lipinski definition) is 3. The Balaban J connectivity index is 1.56. The number of fused-ring (bicyclic) bond motifs is 1. The summed E-state index contributed by atoms with van der Waals surface area (Å²) in [5.74, 6) is 0. The maximum atomic E-state index is 5.79. The maximum absolute atomic E-state index is 5.79. The standard InChI is InChI=1S/C17H26N2O/c1-4-20-16-10-15(17(16,2)3)19-11-12-5-6-14-13(9-12)7-8-18-14/h5-6,9,15-16,18-19H,4,7-8,10-11H2,1-3H3. The summed E-state index contributed by atoms with van der Waals surface area (Å²) in [4.78, 5) is 0. The highest BCUT2D eigenvalue weighted by atomic mass is 16.5. The molecule has 20 heavy (non-hydrogen) atoms. The number of anilines is 1. The Labute approximate surface area is 122 Å². The minimum Gasteiger partial charge on any atom is -0.384 e. The normalized spacial score (nSPS) is 26.8. The monoisotopic (exact) mass is 274 g/mol. The second kappa shape index (κ2) is 5.38. The van der Waals surface area contributed by atoms with Gasteiger partial charge in [0.2, 0.25) is 0 Å². The topological polar surface area (TPSA) is 33.3 Å². The fourth-order valence-electron chi connectivity index (χ4n) is 3.43. The van der Waals surface area contributed by atoms with Gasteiger partial charge in [0.25, 0.3) is 0 Å². The van der Waals surface area contributed by atoms with Crippen molar-refractivity contribution in [1.29, 1.82) is 0 Å². The van der Waals surface area contributed by atoms with E-state index >= 15 is 0 Å². The highest BCUT2D eigenvalue weighted by molar-refractivity contribution is 5.56. The number of nitrogens with one attached hydrogen (secondary N) is 2. The predicted octanol–water partition coefficient (Wildman–Crippen LogP) is 2.95. The zero-order valence-corrected chi connectivity index (χ0v) is 12.8. The molecular weight excluding hydrogens is 248 g/mol. The van der Waals surface area contributed by atoms with Crippen LogP contribution in [0.3, 0.4) is 0 Å². The van der Waals surface area contributed by atoms with Crippen molar-refractivity contribution in [2.24, 2.45) is 5.41 Å². The molecule has 2 N–H and O–H groups in total. The Morgan fingerprint density at radius 2 is 2.25 bits per heavy atom. The Morgan fingerprint density at radius 3 is 3.00 bits per heavy atom. The molecule has 1 aliphatic carbocycles. The Kier molecular flexibility index (Phi) is 3.74. The first-order valence-corrected chi connectivity index (χ1v) is 7.82. The summed E-state index contributed by atoms with van der Waals surface area (Å²) in [6, 6.07) is 7.35. The van der Waals surface area contributed by atoms with Gasteiger partial charge < -0.3 is 15.4 Å². The van der Waals surface area contributed by atoms with Gasteiger partial charge in [0, 0.05) is 36.8 Å². The molecule has 2 unspecified atom stereocenters. The van der Waals surface area contributed by atoms with Gasteiger partial charge in [-0.3, -0.25) is 0 Å². The lowest BCUT2D eigenvalue weighted by atomic mass is 9.64. The van der Waals surface area contributed by atoms with Gasteiger partial charge in [-0.1, -0.05) is 26.0 Å². The average Bonchev–Trinajstić information content (AvgIpc) is 2.89. The third-order valence-corrected chi connectivity index (χ3v) is 4.98. The van der Waals surface area contributed by atoms with Crippen LogP contribution in [0, 0.1) is 5.41 Å². The van der Waals surface area contributed by atoms with E-state index in [4.69, 9.17) is 4.74 Å². The third-order valence-electron chi connectivity index (χ3n) is 4.98. The van der Waals surface area contributed by atoms with Crippen LogP contribution in [-0.4, -0.2) is 25.3 Å². The molecule has 0 radical (unpaired) electrons. The Morgan fingerprint density at radius 1 is 1.40 bits per heavy atom. The lowest BCUT2D eigenvalue weighted by Crippen LogP contribution is -2.60. The SMILES string of the molecule is CCOC1CC(NCc2ccc3c(c2)CCN3)C1(C)C. The number of ether oxygens (including phenoxy) is 1. The molecule has 0 spiro atoms. The van der Waals surface area contributed by atoms with Crippen molar-refractivity contribution in [3.05, 3.63) is 29.3 Å². The van der Waals surface area contributed by atoms with E-state index in [1.165, 1.54) is 16.8 Å². The van der Waals surface area contributed by atoms with Crippen LogP contribution < -0.4 is 10.6 Å². The zero-order valence-electron chi connectivity index (χ0n) is 12.8. The Hall–Kier alpha value is -1.06. The van der Waals surface area contributed by atoms with Crippen LogP contribution >= 0.6 is 0 Å². The van der Waals surface area contributed by atoms with Gasteiger partial charge >= 0.3 is 0 Å². The van der Waals surface area contributed by atoms with E-state index in [2.05, 4.69) is 49.6 Å². The van der Waals surface area contributed by atoms with Crippen LogP contribution in [0.25, 0.3) is 0 Å². The summed E-state index contributed by atoms with van der Waals surface area (Å²) in [7, 11) is 0. The van der Waals surface area contributed by atoms with E-state index in [0.29, 0.717) is 12.1 Å². The second-order valence-electron chi connectivity index (χ2n) is 6.60. The molecule has 1 heterocycles. The fraction of sp³-hybridized carbons (Fsp3) is 0.647. The molecule has 3 nitrogen and oxygen atoms in total. The predicted molar refractivity (Wildman–Crippen MR) is 83.1 cm³/mol. The van der Waals surface area contributed by atoms with Gasteiger partial charge in [0.15, 0.2) is 0 Å². The van der Waals surface area contributed by atoms with Gasteiger partial charge in [-0.15, -0.1) is 0 Å². The zero-order chi connectivity index (χ0) is 14.2. The molecule has 1 aliphatic heterocycles. The third kappa shape index (κ3) is 2.45. The van der Waals surface area contributed by atoms with Crippen LogP contribution in [0.1, 0.15) is 38.3 Å². The summed E-state index contributed by atoms with van der Waals surface area (Å²) in [5, 5.41) is 7.12. The van der Waals surface area contributed by atoms with E-state index in [9.17, 15) is 0 Å². The summed E-state index contributed by atoms with van der Waals surface area (Å²) >= 11 is 0. The average molecular weight is 274 g/mol. The first kappa shape index (κ1) is 13.9. The number of benzene rings is 1. The molecule has 0 amide bonds. The number of rotatable bonds is 5. The minimum atomic E-state index is 0.244. The quantitative estimate of drug-likeness (QED) is 0.866. The molecule has 1 saturated carbocycles. The number of hydrogen-bond donors (Lipinski definition) is 2. The van der Waals surface area contributed by atoms with Gasteiger partial charge in [0.1, 0.15) is 0 Å². The molecule has 2 aliphatic rings. The maximum Gasteiger partial charge on any atom is 0.0655 e. The van der Waals surface area contributed by atoms with Crippen LogP contribution in [-0.2, 0) is 17.7 Å². The summed E-state index contributed by atoms with van der Waals surface area (Å²) < 4.78 is 5.79. The highest BCUT2D eigenvalue weighted by Gasteiger charge is 2.48. The van der Waals surface area contributed by atoms with Crippen molar-refractivity contribution in [2.75, 3.05) is 18.5 Å². The lowest BCUT2D eigenvalue weighted by Gasteiger charge is -2.52. The van der Waals surface area contributed by atoms with Gasteiger partial charge in [-0.05, 0) is 37.0 Å². The van der Waals surface area contributed by atoms with E-state index in [0.717, 1.165) is 32.5 Å². The molecule has 0 aromatic heterocycles. The highest BCUT2D eigenvalue weighted by Crippen LogP contribution is 2.42. The smallest absolute Gasteiger partial charge is 0.0655 e. The van der Waals surface area contributed by atoms with Gasteiger partial charge in [-0.25, -0.2) is 0 Å². The van der Waals surface area contributed by atoms with Crippen molar-refractivity contribution < 1.29 is 4.74 Å². The molecule has 3 rings (SSSR count). The lowest BCUT2D eigenvalue weighted by molar-refractivity contribution is -0.114. The first-order chi connectivity index (χ1) is 9.61. The van der Waals surface area contributed by atoms with E-state index in [-0.39, 0.29) is 5.41 Å². The molecule has 3 heteroatoms. The summed E-state index contributed by atoms with van der Waals surface area (Å²) in [6.07, 6.45) is 2.70. The molecule has 1 aromatic rings. The summed E-state index contributed by atoms with van der Waals surface area (Å²) in [6.45, 7) is 9.55. The summed E-state index contributed by atoms with van der Waals surface area (Å²) in [5.41, 5.74) is 4.41. The van der Waals surface area contributed by atoms with Crippen LogP contribution in [0.2, 0.25) is 0 Å². The molecule has 110 valence electrons. The van der Waals surface area contributed by atoms with Gasteiger partial charge in [-0.2, -0.15) is 0 Å². The molecule has 1 fully saturated rings. The van der Waals surface area contributed by atoms with Crippen molar-refractivity contribution in [1.82, 2.24) is 5.32 Å². The van der Waals surface area contributed by atoms with Crippen LogP contribution in [0.15, 0.2) is 18.2 Å². The molecule has 1 aromatic carbocycles. The molecule has 2 atom stereocenters. The minimum absolute atomic E-state index is 0.244. The second-order valence-corrected chi connectivity index (χ2v) is 6.60. The Bertz CT molecular complexity index is 484. The largest absolute Gasteiger partial charge is 0.384 e. The fourth-order valence-corrected chi connectivity index (χ4v) is 3.43. The van der Waals surface area contributed by atoms with Gasteiger partial charge in [0.05, 0.1) is 6.10 Å². The first-order valence-electron chi connectivity index (χ1n) is 7.82. The molecule has 0 bridgehead atoms.